The third-order valence-electron chi connectivity index (χ3n) is 6.24. The minimum Gasteiger partial charge on any atom is -0.348 e. The van der Waals surface area contributed by atoms with Gasteiger partial charge in [0.15, 0.2) is 5.78 Å². The van der Waals surface area contributed by atoms with Gasteiger partial charge in [0.05, 0.1) is 24.2 Å². The molecule has 1 saturated carbocycles. The van der Waals surface area contributed by atoms with Crippen molar-refractivity contribution in [2.45, 2.75) is 37.8 Å². The molecule has 2 amide bonds. The van der Waals surface area contributed by atoms with E-state index >= 15 is 0 Å². The Balaban J connectivity index is 1.40. The molecule has 2 N–H and O–H groups in total. The lowest BCUT2D eigenvalue weighted by atomic mass is 9.75. The van der Waals surface area contributed by atoms with Gasteiger partial charge in [0.25, 0.3) is 5.91 Å². The quantitative estimate of drug-likeness (QED) is 0.461. The molecule has 1 spiro atoms. The van der Waals surface area contributed by atoms with Gasteiger partial charge in [-0.3, -0.25) is 14.4 Å². The monoisotopic (exact) mass is 434 g/mol. The Morgan fingerprint density at radius 1 is 1.32 bits per heavy atom. The van der Waals surface area contributed by atoms with Crippen LogP contribution in [0.25, 0.3) is 10.9 Å². The summed E-state index contributed by atoms with van der Waals surface area (Å²) in [6.07, 6.45) is 4.63. The average molecular weight is 435 g/mol. The molecule has 0 saturated heterocycles. The third-order valence-corrected chi connectivity index (χ3v) is 7.13. The smallest absolute Gasteiger partial charge is 0.268 e. The molecule has 3 heterocycles. The van der Waals surface area contributed by atoms with Crippen molar-refractivity contribution in [2.75, 3.05) is 6.54 Å². The topological polar surface area (TPSA) is 93.1 Å². The van der Waals surface area contributed by atoms with Crippen molar-refractivity contribution < 1.29 is 14.4 Å². The van der Waals surface area contributed by atoms with Crippen LogP contribution < -0.4 is 10.6 Å². The SMILES string of the molecule is C=CC(=O)NCc1csc(CC(=O)c2ccc3cc4n(c3c2)C2(CCC2)CNC4=O)n1. The van der Waals surface area contributed by atoms with Gasteiger partial charge in [-0.2, -0.15) is 0 Å². The van der Waals surface area contributed by atoms with E-state index in [0.717, 1.165) is 35.9 Å². The molecule has 0 bridgehead atoms. The number of hydrogen-bond donors (Lipinski definition) is 2. The predicted octanol–water partition coefficient (Wildman–Crippen LogP) is 2.95. The molecule has 31 heavy (non-hydrogen) atoms. The zero-order valence-electron chi connectivity index (χ0n) is 16.9. The zero-order chi connectivity index (χ0) is 21.6. The summed E-state index contributed by atoms with van der Waals surface area (Å²) in [6.45, 7) is 4.37. The number of aromatic nitrogens is 2. The summed E-state index contributed by atoms with van der Waals surface area (Å²) < 4.78 is 2.16. The molecular formula is C23H22N4O3S. The van der Waals surface area contributed by atoms with Gasteiger partial charge in [-0.25, -0.2) is 4.98 Å². The Morgan fingerprint density at radius 2 is 2.16 bits per heavy atom. The lowest BCUT2D eigenvalue weighted by molar-refractivity contribution is -0.116. The first-order valence-electron chi connectivity index (χ1n) is 10.3. The molecule has 3 aromatic rings. The summed E-state index contributed by atoms with van der Waals surface area (Å²) in [5.74, 6) is -0.329. The number of amides is 2. The summed E-state index contributed by atoms with van der Waals surface area (Å²) in [5, 5.41) is 9.23. The highest BCUT2D eigenvalue weighted by Gasteiger charge is 2.44. The molecule has 0 radical (unpaired) electrons. The van der Waals surface area contributed by atoms with E-state index in [9.17, 15) is 14.4 Å². The van der Waals surface area contributed by atoms with Crippen LogP contribution in [0.2, 0.25) is 0 Å². The lowest BCUT2D eigenvalue weighted by Crippen LogP contribution is -2.55. The van der Waals surface area contributed by atoms with Crippen LogP contribution in [-0.2, 0) is 23.3 Å². The summed E-state index contributed by atoms with van der Waals surface area (Å²) in [7, 11) is 0. The molecule has 158 valence electrons. The predicted molar refractivity (Wildman–Crippen MR) is 118 cm³/mol. The number of thiazole rings is 1. The maximum absolute atomic E-state index is 13.0. The first-order valence-corrected chi connectivity index (χ1v) is 11.2. The van der Waals surface area contributed by atoms with Gasteiger partial charge in [0.2, 0.25) is 5.91 Å². The van der Waals surface area contributed by atoms with Crippen molar-refractivity contribution in [1.29, 1.82) is 0 Å². The summed E-state index contributed by atoms with van der Waals surface area (Å²) in [4.78, 5) is 41.1. The third kappa shape index (κ3) is 3.37. The van der Waals surface area contributed by atoms with Crippen molar-refractivity contribution in [3.8, 4) is 0 Å². The first-order chi connectivity index (χ1) is 15.0. The van der Waals surface area contributed by atoms with E-state index in [0.29, 0.717) is 29.4 Å². The van der Waals surface area contributed by atoms with Gasteiger partial charge in [-0.15, -0.1) is 11.3 Å². The Kier molecular flexibility index (Phi) is 4.74. The lowest BCUT2D eigenvalue weighted by Gasteiger charge is -2.47. The molecule has 1 aliphatic carbocycles. The van der Waals surface area contributed by atoms with Gasteiger partial charge in [-0.1, -0.05) is 18.7 Å². The van der Waals surface area contributed by atoms with E-state index in [1.165, 1.54) is 17.4 Å². The maximum atomic E-state index is 13.0. The zero-order valence-corrected chi connectivity index (χ0v) is 17.8. The van der Waals surface area contributed by atoms with Gasteiger partial charge < -0.3 is 15.2 Å². The number of hydrogen-bond acceptors (Lipinski definition) is 5. The van der Waals surface area contributed by atoms with Crippen LogP contribution in [0.1, 0.15) is 50.8 Å². The second-order valence-electron chi connectivity index (χ2n) is 8.15. The number of Topliss-reactive ketones (excluding diaryl/α,β-unsaturated/α-hetero) is 1. The standard InChI is InChI=1S/C23H22N4O3S/c1-2-20(29)24-11-16-12-31-21(26-16)10-19(28)15-5-4-14-8-18-22(30)25-13-23(6-3-7-23)27(18)17(14)9-15/h2,4-5,8-9,12H,1,3,6-7,10-11,13H2,(H,24,29)(H,25,30). The summed E-state index contributed by atoms with van der Waals surface area (Å²) in [5.41, 5.74) is 2.90. The van der Waals surface area contributed by atoms with Crippen molar-refractivity contribution in [1.82, 2.24) is 20.2 Å². The van der Waals surface area contributed by atoms with E-state index in [2.05, 4.69) is 26.8 Å². The van der Waals surface area contributed by atoms with Crippen LogP contribution in [-0.4, -0.2) is 33.7 Å². The molecule has 1 aromatic carbocycles. The van der Waals surface area contributed by atoms with Crippen LogP contribution in [0.4, 0.5) is 0 Å². The highest BCUT2D eigenvalue weighted by atomic mass is 32.1. The van der Waals surface area contributed by atoms with Gasteiger partial charge >= 0.3 is 0 Å². The Bertz CT molecular complexity index is 1230. The molecule has 0 unspecified atom stereocenters. The number of carbonyl (C=O) groups excluding carboxylic acids is 3. The maximum Gasteiger partial charge on any atom is 0.268 e. The van der Waals surface area contributed by atoms with Crippen LogP contribution in [0.15, 0.2) is 42.3 Å². The second-order valence-corrected chi connectivity index (χ2v) is 9.10. The fourth-order valence-corrected chi connectivity index (χ4v) is 5.25. The molecule has 5 rings (SSSR count). The van der Waals surface area contributed by atoms with Crippen molar-refractivity contribution in [3.05, 3.63) is 64.3 Å². The minimum absolute atomic E-state index is 0.0172. The van der Waals surface area contributed by atoms with E-state index < -0.39 is 0 Å². The number of nitrogens with one attached hydrogen (secondary N) is 2. The molecular weight excluding hydrogens is 412 g/mol. The molecule has 2 aromatic heterocycles. The Morgan fingerprint density at radius 3 is 2.90 bits per heavy atom. The van der Waals surface area contributed by atoms with Crippen LogP contribution in [0.5, 0.6) is 0 Å². The van der Waals surface area contributed by atoms with E-state index in [-0.39, 0.29) is 29.6 Å². The highest BCUT2D eigenvalue weighted by Crippen LogP contribution is 2.44. The molecule has 0 atom stereocenters. The summed E-state index contributed by atoms with van der Waals surface area (Å²) in [6, 6.07) is 7.58. The number of carbonyl (C=O) groups is 3. The number of nitrogens with zero attached hydrogens (tertiary/aromatic N) is 2. The number of benzene rings is 1. The number of ketones is 1. The van der Waals surface area contributed by atoms with E-state index in [1.54, 1.807) is 0 Å². The van der Waals surface area contributed by atoms with Crippen molar-refractivity contribution in [2.24, 2.45) is 0 Å². The van der Waals surface area contributed by atoms with Gasteiger partial charge in [0.1, 0.15) is 10.7 Å². The van der Waals surface area contributed by atoms with E-state index in [4.69, 9.17) is 0 Å². The molecule has 1 fully saturated rings. The largest absolute Gasteiger partial charge is 0.348 e. The number of fused-ring (bicyclic) bond motifs is 4. The van der Waals surface area contributed by atoms with Crippen LogP contribution in [0.3, 0.4) is 0 Å². The van der Waals surface area contributed by atoms with Crippen LogP contribution in [0, 0.1) is 0 Å². The van der Waals surface area contributed by atoms with E-state index in [1.807, 2.05) is 29.6 Å². The normalized spacial score (nSPS) is 16.5. The first kappa shape index (κ1) is 19.7. The molecule has 2 aliphatic rings. The Hall–Kier alpha value is -3.26. The van der Waals surface area contributed by atoms with Gasteiger partial charge in [-0.05, 0) is 37.5 Å². The Labute approximate surface area is 183 Å². The molecule has 7 nitrogen and oxygen atoms in total. The fraction of sp³-hybridized carbons (Fsp3) is 0.304. The molecule has 1 aliphatic heterocycles. The van der Waals surface area contributed by atoms with Crippen LogP contribution >= 0.6 is 11.3 Å². The number of rotatable bonds is 6. The summed E-state index contributed by atoms with van der Waals surface area (Å²) >= 11 is 1.41. The average Bonchev–Trinajstić information content (AvgIpc) is 3.36. The highest BCUT2D eigenvalue weighted by molar-refractivity contribution is 7.09. The van der Waals surface area contributed by atoms with Crippen molar-refractivity contribution >= 4 is 39.8 Å². The second kappa shape index (κ2) is 7.46. The minimum atomic E-state index is -0.257. The molecule has 8 heteroatoms. The van der Waals surface area contributed by atoms with Crippen molar-refractivity contribution in [3.63, 3.8) is 0 Å². The fourth-order valence-electron chi connectivity index (χ4n) is 4.45. The van der Waals surface area contributed by atoms with Gasteiger partial charge in [0, 0.05) is 28.4 Å².